The highest BCUT2D eigenvalue weighted by Gasteiger charge is 2.61. The lowest BCUT2D eigenvalue weighted by Crippen LogP contribution is -2.62. The second-order valence-electron chi connectivity index (χ2n) is 9.48. The van der Waals surface area contributed by atoms with Crippen LogP contribution in [0.25, 0.3) is 0 Å². The van der Waals surface area contributed by atoms with Crippen molar-refractivity contribution < 1.29 is 19.4 Å². The molecular weight excluding hydrogens is 345 g/mol. The normalized spacial score (nSPS) is 40.3. The van der Waals surface area contributed by atoms with E-state index >= 15 is 0 Å². The third-order valence-corrected chi connectivity index (χ3v) is 8.14. The number of aryl methyl sites for hydroxylation is 1. The Bertz CT molecular complexity index is 743. The second kappa shape index (κ2) is 6.02. The van der Waals surface area contributed by atoms with E-state index < -0.39 is 6.10 Å². The monoisotopic (exact) mass is 373 g/mol. The minimum absolute atomic E-state index is 0.0781. The predicted molar refractivity (Wildman–Crippen MR) is 98.5 cm³/mol. The van der Waals surface area contributed by atoms with Gasteiger partial charge in [-0.2, -0.15) is 0 Å². The summed E-state index contributed by atoms with van der Waals surface area (Å²) in [7, 11) is 0. The number of nitrogens with zero attached hydrogens (tertiary/aromatic N) is 1. The zero-order valence-corrected chi connectivity index (χ0v) is 15.8. The second-order valence-corrected chi connectivity index (χ2v) is 9.48. The standard InChI is InChI=1S/C22H28FNO3/c1-12-2-3-15(8-19(12)23)22(9-20(26)24-10-18(25)11-24)16-4-13-5-17(22)7-14(6-16)21(13)27/h2-3,8,13-14,16-18,21,25,27H,4-7,9-11H2,1H3. The van der Waals surface area contributed by atoms with E-state index in [0.29, 0.717) is 48.7 Å². The van der Waals surface area contributed by atoms with Gasteiger partial charge in [-0.25, -0.2) is 4.39 Å². The third-order valence-electron chi connectivity index (χ3n) is 8.14. The molecule has 27 heavy (non-hydrogen) atoms. The number of halogens is 1. The summed E-state index contributed by atoms with van der Waals surface area (Å²) in [4.78, 5) is 14.8. The van der Waals surface area contributed by atoms with Crippen molar-refractivity contribution in [2.24, 2.45) is 23.7 Å². The van der Waals surface area contributed by atoms with Gasteiger partial charge in [-0.15, -0.1) is 0 Å². The average Bonchev–Trinajstić information content (AvgIpc) is 2.59. The molecule has 4 nitrogen and oxygen atoms in total. The van der Waals surface area contributed by atoms with Crippen LogP contribution in [-0.2, 0) is 10.2 Å². The number of hydrogen-bond acceptors (Lipinski definition) is 3. The molecule has 1 saturated heterocycles. The molecule has 5 fully saturated rings. The Morgan fingerprint density at radius 2 is 1.74 bits per heavy atom. The van der Waals surface area contributed by atoms with Crippen molar-refractivity contribution in [3.8, 4) is 0 Å². The van der Waals surface area contributed by atoms with Crippen LogP contribution in [0.5, 0.6) is 0 Å². The van der Waals surface area contributed by atoms with Gasteiger partial charge in [-0.3, -0.25) is 4.79 Å². The average molecular weight is 373 g/mol. The SMILES string of the molecule is Cc1ccc(C2(CC(=O)N3CC(O)C3)C3CC4CC2CC(C3)C4O)cc1F. The maximum atomic E-state index is 14.5. The molecular formula is C22H28FNO3. The van der Waals surface area contributed by atoms with Crippen molar-refractivity contribution in [1.29, 1.82) is 0 Å². The van der Waals surface area contributed by atoms with Crippen molar-refractivity contribution >= 4 is 5.91 Å². The van der Waals surface area contributed by atoms with Gasteiger partial charge in [-0.1, -0.05) is 12.1 Å². The summed E-state index contributed by atoms with van der Waals surface area (Å²) in [5.41, 5.74) is 1.26. The first-order valence-electron chi connectivity index (χ1n) is 10.3. The predicted octanol–water partition coefficient (Wildman–Crippen LogP) is 2.39. The lowest BCUT2D eigenvalue weighted by molar-refractivity contribution is -0.158. The molecule has 1 heterocycles. The fourth-order valence-corrected chi connectivity index (χ4v) is 6.73. The summed E-state index contributed by atoms with van der Waals surface area (Å²) in [6.45, 7) is 2.60. The van der Waals surface area contributed by atoms with Gasteiger partial charge in [-0.05, 0) is 73.5 Å². The number of benzene rings is 1. The summed E-state index contributed by atoms with van der Waals surface area (Å²) in [6, 6.07) is 5.52. The Labute approximate surface area is 159 Å². The number of carbonyl (C=O) groups excluding carboxylic acids is 1. The summed E-state index contributed by atoms with van der Waals surface area (Å²) >= 11 is 0. The van der Waals surface area contributed by atoms with Crippen molar-refractivity contribution in [2.45, 2.75) is 56.7 Å². The molecule has 0 atom stereocenters. The number of β-amino-alcohol motifs (C(OH)–C–C–N with tert-alkyl or cyclic N) is 1. The molecule has 1 amide bonds. The van der Waals surface area contributed by atoms with Gasteiger partial charge in [0.1, 0.15) is 5.82 Å². The Morgan fingerprint density at radius 3 is 2.26 bits per heavy atom. The van der Waals surface area contributed by atoms with Gasteiger partial charge < -0.3 is 15.1 Å². The molecule has 4 saturated carbocycles. The zero-order chi connectivity index (χ0) is 18.9. The van der Waals surface area contributed by atoms with Crippen LogP contribution in [0.3, 0.4) is 0 Å². The highest BCUT2D eigenvalue weighted by Crippen LogP contribution is 2.64. The summed E-state index contributed by atoms with van der Waals surface area (Å²) in [6.07, 6.45) is 3.51. The first kappa shape index (κ1) is 17.6. The number of likely N-dealkylation sites (tertiary alicyclic amines) is 1. The largest absolute Gasteiger partial charge is 0.393 e. The van der Waals surface area contributed by atoms with E-state index in [2.05, 4.69) is 0 Å². The van der Waals surface area contributed by atoms with Gasteiger partial charge >= 0.3 is 0 Å². The van der Waals surface area contributed by atoms with Crippen molar-refractivity contribution in [3.63, 3.8) is 0 Å². The van der Waals surface area contributed by atoms with Crippen molar-refractivity contribution in [3.05, 3.63) is 35.1 Å². The van der Waals surface area contributed by atoms with Crippen LogP contribution in [0.4, 0.5) is 4.39 Å². The van der Waals surface area contributed by atoms with Crippen LogP contribution in [0.2, 0.25) is 0 Å². The fourth-order valence-electron chi connectivity index (χ4n) is 6.73. The molecule has 0 radical (unpaired) electrons. The van der Waals surface area contributed by atoms with Crippen molar-refractivity contribution in [2.75, 3.05) is 13.1 Å². The van der Waals surface area contributed by atoms with Crippen LogP contribution in [0.1, 0.15) is 43.2 Å². The first-order valence-corrected chi connectivity index (χ1v) is 10.3. The van der Waals surface area contributed by atoms with Gasteiger partial charge in [0.25, 0.3) is 0 Å². The summed E-state index contributed by atoms with van der Waals surface area (Å²) < 4.78 is 14.5. The van der Waals surface area contributed by atoms with Gasteiger partial charge in [0.05, 0.1) is 12.2 Å². The highest BCUT2D eigenvalue weighted by molar-refractivity contribution is 5.79. The van der Waals surface area contributed by atoms with Crippen LogP contribution >= 0.6 is 0 Å². The maximum Gasteiger partial charge on any atom is 0.223 e. The van der Waals surface area contributed by atoms with E-state index in [4.69, 9.17) is 0 Å². The molecule has 1 aromatic rings. The van der Waals surface area contributed by atoms with Crippen LogP contribution in [0, 0.1) is 36.4 Å². The zero-order valence-electron chi connectivity index (χ0n) is 15.8. The molecule has 1 aromatic carbocycles. The molecule has 0 aromatic heterocycles. The van der Waals surface area contributed by atoms with E-state index in [1.165, 1.54) is 0 Å². The van der Waals surface area contributed by atoms with E-state index in [9.17, 15) is 19.4 Å². The molecule has 5 heteroatoms. The molecule has 4 aliphatic carbocycles. The molecule has 4 bridgehead atoms. The Hall–Kier alpha value is -1.46. The highest BCUT2D eigenvalue weighted by atomic mass is 19.1. The number of amides is 1. The summed E-state index contributed by atoms with van der Waals surface area (Å²) in [5, 5.41) is 20.1. The topological polar surface area (TPSA) is 60.8 Å². The number of hydrogen-bond donors (Lipinski definition) is 2. The minimum atomic E-state index is -0.407. The summed E-state index contributed by atoms with van der Waals surface area (Å²) in [5.74, 6) is 1.18. The van der Waals surface area contributed by atoms with Gasteiger partial charge in [0.2, 0.25) is 5.91 Å². The van der Waals surface area contributed by atoms with E-state index in [1.54, 1.807) is 17.9 Å². The number of rotatable bonds is 3. The Balaban J connectivity index is 1.54. The maximum absolute atomic E-state index is 14.5. The van der Waals surface area contributed by atoms with Crippen molar-refractivity contribution in [1.82, 2.24) is 4.90 Å². The molecule has 146 valence electrons. The van der Waals surface area contributed by atoms with E-state index in [0.717, 1.165) is 31.2 Å². The quantitative estimate of drug-likeness (QED) is 0.855. The van der Waals surface area contributed by atoms with Crippen LogP contribution in [-0.4, -0.2) is 46.3 Å². The van der Waals surface area contributed by atoms with E-state index in [-0.39, 0.29) is 23.2 Å². The smallest absolute Gasteiger partial charge is 0.223 e. The molecule has 1 aliphatic heterocycles. The number of carbonyl (C=O) groups is 1. The molecule has 0 unspecified atom stereocenters. The Morgan fingerprint density at radius 1 is 1.15 bits per heavy atom. The third kappa shape index (κ3) is 2.51. The first-order chi connectivity index (χ1) is 12.9. The molecule has 2 N–H and O–H groups in total. The number of aliphatic hydroxyl groups is 2. The molecule has 0 spiro atoms. The van der Waals surface area contributed by atoms with Gasteiger partial charge in [0.15, 0.2) is 0 Å². The van der Waals surface area contributed by atoms with Gasteiger partial charge in [0, 0.05) is 24.9 Å². The number of aliphatic hydroxyl groups excluding tert-OH is 2. The molecule has 6 rings (SSSR count). The van der Waals surface area contributed by atoms with Crippen LogP contribution in [0.15, 0.2) is 18.2 Å². The Kier molecular flexibility index (Phi) is 3.93. The van der Waals surface area contributed by atoms with Crippen LogP contribution < -0.4 is 0 Å². The lowest BCUT2D eigenvalue weighted by Gasteiger charge is -2.63. The minimum Gasteiger partial charge on any atom is -0.393 e. The molecule has 5 aliphatic rings. The van der Waals surface area contributed by atoms with E-state index in [1.807, 2.05) is 12.1 Å². The fraction of sp³-hybridized carbons (Fsp3) is 0.682. The lowest BCUT2D eigenvalue weighted by atomic mass is 9.42.